The molecule has 0 spiro atoms. The summed E-state index contributed by atoms with van der Waals surface area (Å²) < 4.78 is 5.20. The number of aromatic nitrogens is 3. The predicted molar refractivity (Wildman–Crippen MR) is 115 cm³/mol. The largest absolute Gasteiger partial charge is 0.475 e. The van der Waals surface area contributed by atoms with Crippen LogP contribution in [0.3, 0.4) is 0 Å². The number of hydrogen-bond donors (Lipinski definition) is 4. The van der Waals surface area contributed by atoms with Gasteiger partial charge in [0.25, 0.3) is 5.91 Å². The van der Waals surface area contributed by atoms with Crippen molar-refractivity contribution in [2.75, 3.05) is 0 Å². The Kier molecular flexibility index (Phi) is 8.47. The van der Waals surface area contributed by atoms with Crippen molar-refractivity contribution in [3.8, 4) is 0 Å². The molecular weight excluding hydrogens is 413 g/mol. The number of amides is 2. The topological polar surface area (TPSA) is 150 Å². The van der Waals surface area contributed by atoms with Crippen LogP contribution < -0.4 is 10.6 Å². The molecule has 166 valence electrons. The third-order valence-corrected chi connectivity index (χ3v) is 4.79. The van der Waals surface area contributed by atoms with Crippen LogP contribution in [0.2, 0.25) is 0 Å². The number of hydrogen-bond acceptors (Lipinski definition) is 8. The van der Waals surface area contributed by atoms with Crippen LogP contribution in [0.1, 0.15) is 34.8 Å². The first kappa shape index (κ1) is 23.1. The van der Waals surface area contributed by atoms with Crippen molar-refractivity contribution in [3.05, 3.63) is 78.5 Å². The first-order valence-electron chi connectivity index (χ1n) is 10.2. The fraction of sp³-hybridized carbons (Fsp3) is 0.286. The van der Waals surface area contributed by atoms with Gasteiger partial charge in [0, 0.05) is 12.4 Å². The van der Waals surface area contributed by atoms with Crippen LogP contribution in [0.15, 0.2) is 65.8 Å². The van der Waals surface area contributed by atoms with E-state index in [4.69, 9.17) is 4.42 Å². The lowest BCUT2D eigenvalue weighted by Gasteiger charge is -2.22. The van der Waals surface area contributed by atoms with Gasteiger partial charge < -0.3 is 25.1 Å². The molecule has 0 aliphatic carbocycles. The van der Waals surface area contributed by atoms with Crippen LogP contribution in [0.4, 0.5) is 0 Å². The summed E-state index contributed by atoms with van der Waals surface area (Å²) >= 11 is 0. The molecule has 1 aromatic carbocycles. The molecule has 11 heteroatoms. The molecule has 10 nitrogen and oxygen atoms in total. The quantitative estimate of drug-likeness (QED) is 0.314. The third-order valence-electron chi connectivity index (χ3n) is 4.79. The maximum atomic E-state index is 12.9. The number of aryl methyl sites for hydroxylation is 1. The monoisotopic (exact) mass is 437 g/mol. The number of nitrogens with one attached hydrogen (secondary N) is 2. The van der Waals surface area contributed by atoms with E-state index in [0.29, 0.717) is 12.8 Å². The lowest BCUT2D eigenvalue weighted by Crippen LogP contribution is -2.54. The van der Waals surface area contributed by atoms with Crippen LogP contribution >= 0.6 is 0 Å². The maximum absolute atomic E-state index is 12.9. The van der Waals surface area contributed by atoms with E-state index in [-0.39, 0.29) is 18.0 Å². The Labute approximate surface area is 185 Å². The molecule has 4 N–H and O–H groups in total. The van der Waals surface area contributed by atoms with Gasteiger partial charge in [0.15, 0.2) is 5.89 Å². The average molecular weight is 437 g/mol. The van der Waals surface area contributed by atoms with Gasteiger partial charge in [-0.3, -0.25) is 14.6 Å². The first-order chi connectivity index (χ1) is 15.5. The SMILES string of the molecule is O=C(N[C@@H](Cc1ncco1)C(=O)N[C@@H](CCCc1ccccc1)B(O)O)c1cnccn1. The molecule has 2 atom stereocenters. The minimum atomic E-state index is -1.76. The fourth-order valence-electron chi connectivity index (χ4n) is 3.14. The Morgan fingerprint density at radius 2 is 1.88 bits per heavy atom. The summed E-state index contributed by atoms with van der Waals surface area (Å²) in [6, 6.07) is 8.69. The van der Waals surface area contributed by atoms with Gasteiger partial charge in [-0.15, -0.1) is 0 Å². The van der Waals surface area contributed by atoms with Crippen molar-refractivity contribution in [3.63, 3.8) is 0 Å². The molecule has 0 radical (unpaired) electrons. The van der Waals surface area contributed by atoms with Gasteiger partial charge in [0.05, 0.1) is 24.8 Å². The highest BCUT2D eigenvalue weighted by Crippen LogP contribution is 2.09. The smallest absolute Gasteiger partial charge is 0.449 e. The summed E-state index contributed by atoms with van der Waals surface area (Å²) in [6.07, 6.45) is 8.52. The van der Waals surface area contributed by atoms with Gasteiger partial charge in [-0.25, -0.2) is 9.97 Å². The Morgan fingerprint density at radius 3 is 2.53 bits per heavy atom. The summed E-state index contributed by atoms with van der Waals surface area (Å²) in [4.78, 5) is 37.2. The van der Waals surface area contributed by atoms with Crippen LogP contribution in [-0.4, -0.2) is 55.9 Å². The number of nitrogens with zero attached hydrogens (tertiary/aromatic N) is 3. The second-order valence-electron chi connectivity index (χ2n) is 7.15. The van der Waals surface area contributed by atoms with Crippen molar-refractivity contribution in [2.45, 2.75) is 37.7 Å². The van der Waals surface area contributed by atoms with Crippen molar-refractivity contribution >= 4 is 18.9 Å². The van der Waals surface area contributed by atoms with Crippen LogP contribution in [0, 0.1) is 0 Å². The molecule has 0 fully saturated rings. The molecule has 0 bridgehead atoms. The Morgan fingerprint density at radius 1 is 1.06 bits per heavy atom. The van der Waals surface area contributed by atoms with E-state index in [1.54, 1.807) is 0 Å². The molecule has 0 saturated carbocycles. The highest BCUT2D eigenvalue weighted by atomic mass is 16.4. The Hall–Kier alpha value is -3.57. The summed E-state index contributed by atoms with van der Waals surface area (Å²) in [5.74, 6) is -1.87. The molecule has 0 aliphatic heterocycles. The lowest BCUT2D eigenvalue weighted by molar-refractivity contribution is -0.123. The molecule has 2 aromatic heterocycles. The molecule has 2 heterocycles. The van der Waals surface area contributed by atoms with Gasteiger partial charge in [-0.2, -0.15) is 0 Å². The van der Waals surface area contributed by atoms with Crippen molar-refractivity contribution in [2.24, 2.45) is 0 Å². The minimum Gasteiger partial charge on any atom is -0.449 e. The minimum absolute atomic E-state index is 0.0247. The second kappa shape index (κ2) is 11.7. The van der Waals surface area contributed by atoms with Crippen LogP contribution in [-0.2, 0) is 17.6 Å². The standard InChI is InChI=1S/C21H24BN5O5/c28-20(27-18(22(30)31)8-4-7-15-5-2-1-3-6-15)16(13-19-25-11-12-32-19)26-21(29)17-14-23-9-10-24-17/h1-3,5-6,9-12,14,16,18,30-31H,4,7-8,13H2,(H,26,29)(H,27,28)/t16-,18-/m0/s1. The number of carbonyl (C=O) groups excluding carboxylic acids is 2. The van der Waals surface area contributed by atoms with Crippen LogP contribution in [0.25, 0.3) is 0 Å². The zero-order valence-corrected chi connectivity index (χ0v) is 17.3. The molecule has 3 aromatic rings. The number of benzene rings is 1. The zero-order chi connectivity index (χ0) is 22.8. The van der Waals surface area contributed by atoms with Crippen molar-refractivity contribution < 1.29 is 24.1 Å². The van der Waals surface area contributed by atoms with E-state index in [1.165, 1.54) is 31.1 Å². The van der Waals surface area contributed by atoms with E-state index < -0.39 is 30.9 Å². The molecule has 3 rings (SSSR count). The Bertz CT molecular complexity index is 973. The van der Waals surface area contributed by atoms with Gasteiger partial charge in [-0.05, 0) is 24.8 Å². The van der Waals surface area contributed by atoms with E-state index in [1.807, 2.05) is 30.3 Å². The molecule has 0 saturated heterocycles. The van der Waals surface area contributed by atoms with Gasteiger partial charge in [-0.1, -0.05) is 30.3 Å². The normalized spacial score (nSPS) is 12.6. The second-order valence-corrected chi connectivity index (χ2v) is 7.15. The Balaban J connectivity index is 1.64. The zero-order valence-electron chi connectivity index (χ0n) is 17.3. The number of oxazole rings is 1. The van der Waals surface area contributed by atoms with E-state index in [9.17, 15) is 19.6 Å². The fourth-order valence-corrected chi connectivity index (χ4v) is 3.14. The van der Waals surface area contributed by atoms with E-state index >= 15 is 0 Å². The third kappa shape index (κ3) is 7.00. The van der Waals surface area contributed by atoms with Crippen molar-refractivity contribution in [1.82, 2.24) is 25.6 Å². The van der Waals surface area contributed by atoms with Gasteiger partial charge in [0.1, 0.15) is 18.0 Å². The molecule has 32 heavy (non-hydrogen) atoms. The molecule has 0 aliphatic rings. The van der Waals surface area contributed by atoms with Crippen molar-refractivity contribution in [1.29, 1.82) is 0 Å². The summed E-state index contributed by atoms with van der Waals surface area (Å²) in [5.41, 5.74) is 1.15. The highest BCUT2D eigenvalue weighted by molar-refractivity contribution is 6.43. The summed E-state index contributed by atoms with van der Waals surface area (Å²) in [6.45, 7) is 0. The molecule has 0 unspecified atom stereocenters. The number of carbonyl (C=O) groups is 2. The predicted octanol–water partition coefficient (Wildman–Crippen LogP) is 0.325. The number of rotatable bonds is 11. The molecule has 2 amide bonds. The lowest BCUT2D eigenvalue weighted by atomic mass is 9.76. The van der Waals surface area contributed by atoms with E-state index in [0.717, 1.165) is 12.0 Å². The van der Waals surface area contributed by atoms with E-state index in [2.05, 4.69) is 25.6 Å². The van der Waals surface area contributed by atoms with Crippen LogP contribution in [0.5, 0.6) is 0 Å². The molecular formula is C21H24BN5O5. The summed E-state index contributed by atoms with van der Waals surface area (Å²) in [5, 5.41) is 24.7. The maximum Gasteiger partial charge on any atom is 0.475 e. The average Bonchev–Trinajstić information content (AvgIpc) is 3.32. The first-order valence-corrected chi connectivity index (χ1v) is 10.2. The summed E-state index contributed by atoms with van der Waals surface area (Å²) in [7, 11) is -1.76. The van der Waals surface area contributed by atoms with Gasteiger partial charge >= 0.3 is 7.12 Å². The highest BCUT2D eigenvalue weighted by Gasteiger charge is 2.30. The van der Waals surface area contributed by atoms with Gasteiger partial charge in [0.2, 0.25) is 5.91 Å².